The van der Waals surface area contributed by atoms with Gasteiger partial charge in [0.15, 0.2) is 0 Å². The number of hydrogen-bond acceptors (Lipinski definition) is 2. The molecule has 78 valence electrons. The zero-order valence-corrected chi connectivity index (χ0v) is 9.52. The summed E-state index contributed by atoms with van der Waals surface area (Å²) >= 11 is 1.87. The Morgan fingerprint density at radius 1 is 1.36 bits per heavy atom. The number of aliphatic hydroxyl groups excluding tert-OH is 1. The lowest BCUT2D eigenvalue weighted by Gasteiger charge is -2.27. The summed E-state index contributed by atoms with van der Waals surface area (Å²) in [6.45, 7) is 2.14. The first kappa shape index (κ1) is 10.2. The second kappa shape index (κ2) is 4.45. The molecule has 2 rings (SSSR count). The van der Waals surface area contributed by atoms with E-state index in [0.717, 1.165) is 12.8 Å². The second-order valence-electron chi connectivity index (χ2n) is 4.33. The van der Waals surface area contributed by atoms with Crippen molar-refractivity contribution in [3.8, 4) is 0 Å². The third-order valence-corrected chi connectivity index (χ3v) is 4.15. The Bertz CT molecular complexity index is 292. The lowest BCUT2D eigenvalue weighted by molar-refractivity contribution is 0.0704. The van der Waals surface area contributed by atoms with Crippen molar-refractivity contribution in [3.05, 3.63) is 21.9 Å². The summed E-state index contributed by atoms with van der Waals surface area (Å²) in [5.41, 5.74) is 0. The third kappa shape index (κ3) is 2.37. The molecule has 14 heavy (non-hydrogen) atoms. The normalized spacial score (nSPS) is 27.9. The number of thiophene rings is 1. The van der Waals surface area contributed by atoms with Crippen LogP contribution in [0, 0.1) is 12.8 Å². The van der Waals surface area contributed by atoms with Crippen LogP contribution < -0.4 is 0 Å². The molecule has 1 saturated carbocycles. The highest BCUT2D eigenvalue weighted by Gasteiger charge is 2.23. The van der Waals surface area contributed by atoms with Crippen LogP contribution in [0.4, 0.5) is 0 Å². The van der Waals surface area contributed by atoms with Crippen LogP contribution in [-0.4, -0.2) is 11.2 Å². The van der Waals surface area contributed by atoms with E-state index in [-0.39, 0.29) is 6.10 Å². The van der Waals surface area contributed by atoms with E-state index < -0.39 is 0 Å². The highest BCUT2D eigenvalue weighted by atomic mass is 32.1. The minimum Gasteiger partial charge on any atom is -0.393 e. The summed E-state index contributed by atoms with van der Waals surface area (Å²) < 4.78 is 0. The lowest BCUT2D eigenvalue weighted by Crippen LogP contribution is -2.25. The lowest BCUT2D eigenvalue weighted by atomic mass is 9.84. The fourth-order valence-electron chi connectivity index (χ4n) is 2.28. The van der Waals surface area contributed by atoms with Gasteiger partial charge in [-0.1, -0.05) is 12.8 Å². The zero-order chi connectivity index (χ0) is 9.97. The second-order valence-corrected chi connectivity index (χ2v) is 5.70. The summed E-state index contributed by atoms with van der Waals surface area (Å²) in [5, 5.41) is 9.84. The van der Waals surface area contributed by atoms with Gasteiger partial charge < -0.3 is 5.11 Å². The van der Waals surface area contributed by atoms with Crippen LogP contribution in [0.2, 0.25) is 0 Å². The molecule has 1 aromatic rings. The number of aliphatic hydroxyl groups is 1. The quantitative estimate of drug-likeness (QED) is 0.795. The molecule has 0 bridgehead atoms. The molecule has 2 atom stereocenters. The molecule has 1 heterocycles. The van der Waals surface area contributed by atoms with Crippen molar-refractivity contribution >= 4 is 11.3 Å². The molecule has 1 N–H and O–H groups in total. The maximum Gasteiger partial charge on any atom is 0.0571 e. The van der Waals surface area contributed by atoms with E-state index in [4.69, 9.17) is 0 Å². The Kier molecular flexibility index (Phi) is 3.24. The van der Waals surface area contributed by atoms with Crippen molar-refractivity contribution in [2.75, 3.05) is 0 Å². The van der Waals surface area contributed by atoms with E-state index in [1.807, 2.05) is 11.3 Å². The smallest absolute Gasteiger partial charge is 0.0571 e. The first-order valence-corrected chi connectivity index (χ1v) is 6.31. The molecular formula is C12H18OS. The van der Waals surface area contributed by atoms with Gasteiger partial charge in [0.25, 0.3) is 0 Å². The van der Waals surface area contributed by atoms with Crippen LogP contribution in [0.3, 0.4) is 0 Å². The Balaban J connectivity index is 1.95. The highest BCUT2D eigenvalue weighted by molar-refractivity contribution is 7.11. The van der Waals surface area contributed by atoms with Crippen LogP contribution in [-0.2, 0) is 6.42 Å². The van der Waals surface area contributed by atoms with E-state index in [0.29, 0.717) is 5.92 Å². The highest BCUT2D eigenvalue weighted by Crippen LogP contribution is 2.29. The number of rotatable bonds is 2. The summed E-state index contributed by atoms with van der Waals surface area (Å²) in [6, 6.07) is 4.39. The third-order valence-electron chi connectivity index (χ3n) is 3.13. The van der Waals surface area contributed by atoms with Gasteiger partial charge in [-0.25, -0.2) is 0 Å². The number of aryl methyl sites for hydroxylation is 1. The van der Waals surface area contributed by atoms with Gasteiger partial charge in [-0.2, -0.15) is 0 Å². The Morgan fingerprint density at radius 3 is 2.79 bits per heavy atom. The molecule has 1 nitrogen and oxygen atoms in total. The number of hydrogen-bond donors (Lipinski definition) is 1. The van der Waals surface area contributed by atoms with Crippen LogP contribution >= 0.6 is 11.3 Å². The largest absolute Gasteiger partial charge is 0.393 e. The van der Waals surface area contributed by atoms with Crippen molar-refractivity contribution in [2.45, 2.75) is 45.1 Å². The van der Waals surface area contributed by atoms with Gasteiger partial charge in [0.05, 0.1) is 6.10 Å². The van der Waals surface area contributed by atoms with Crippen LogP contribution in [0.25, 0.3) is 0 Å². The van der Waals surface area contributed by atoms with Gasteiger partial charge in [-0.05, 0) is 44.2 Å². The van der Waals surface area contributed by atoms with Crippen molar-refractivity contribution in [1.82, 2.24) is 0 Å². The van der Waals surface area contributed by atoms with Crippen LogP contribution in [0.15, 0.2) is 12.1 Å². The Morgan fingerprint density at radius 2 is 2.14 bits per heavy atom. The molecule has 1 aliphatic carbocycles. The van der Waals surface area contributed by atoms with Crippen molar-refractivity contribution < 1.29 is 5.11 Å². The van der Waals surface area contributed by atoms with Crippen molar-refractivity contribution in [1.29, 1.82) is 0 Å². The van der Waals surface area contributed by atoms with E-state index in [2.05, 4.69) is 19.1 Å². The molecule has 2 unspecified atom stereocenters. The van der Waals surface area contributed by atoms with Crippen LogP contribution in [0.1, 0.15) is 35.4 Å². The minimum absolute atomic E-state index is 0.0499. The van der Waals surface area contributed by atoms with Gasteiger partial charge >= 0.3 is 0 Å². The first-order valence-electron chi connectivity index (χ1n) is 5.49. The molecule has 0 aromatic carbocycles. The maximum atomic E-state index is 9.84. The van der Waals surface area contributed by atoms with Gasteiger partial charge in [0, 0.05) is 9.75 Å². The van der Waals surface area contributed by atoms with E-state index in [1.54, 1.807) is 0 Å². The molecule has 1 aromatic heterocycles. The van der Waals surface area contributed by atoms with Gasteiger partial charge in [0.2, 0.25) is 0 Å². The van der Waals surface area contributed by atoms with Gasteiger partial charge in [-0.15, -0.1) is 11.3 Å². The van der Waals surface area contributed by atoms with Crippen LogP contribution in [0.5, 0.6) is 0 Å². The standard InChI is InChI=1S/C12H18OS/c1-9-6-7-11(14-9)8-10-4-2-3-5-12(10)13/h6-7,10,12-13H,2-5,8H2,1H3. The molecule has 0 amide bonds. The molecule has 0 saturated heterocycles. The summed E-state index contributed by atoms with van der Waals surface area (Å²) in [6.07, 6.45) is 5.76. The van der Waals surface area contributed by atoms with E-state index in [9.17, 15) is 5.11 Å². The Hall–Kier alpha value is -0.340. The van der Waals surface area contributed by atoms with E-state index >= 15 is 0 Å². The first-order chi connectivity index (χ1) is 6.75. The summed E-state index contributed by atoms with van der Waals surface area (Å²) in [4.78, 5) is 2.82. The Labute approximate surface area is 89.8 Å². The molecule has 1 aliphatic rings. The van der Waals surface area contributed by atoms with Gasteiger partial charge in [-0.3, -0.25) is 0 Å². The topological polar surface area (TPSA) is 20.2 Å². The molecule has 1 fully saturated rings. The average Bonchev–Trinajstić information content (AvgIpc) is 2.56. The average molecular weight is 210 g/mol. The van der Waals surface area contributed by atoms with Gasteiger partial charge in [0.1, 0.15) is 0 Å². The predicted octanol–water partition coefficient (Wildman–Crippen LogP) is 3.15. The molecule has 0 aliphatic heterocycles. The zero-order valence-electron chi connectivity index (χ0n) is 8.70. The fourth-order valence-corrected chi connectivity index (χ4v) is 3.26. The molecule has 2 heteroatoms. The summed E-state index contributed by atoms with van der Waals surface area (Å²) in [7, 11) is 0. The monoisotopic (exact) mass is 210 g/mol. The summed E-state index contributed by atoms with van der Waals surface area (Å²) in [5.74, 6) is 0.516. The fraction of sp³-hybridized carbons (Fsp3) is 0.667. The molecule has 0 radical (unpaired) electrons. The molecule has 0 spiro atoms. The minimum atomic E-state index is -0.0499. The molecular weight excluding hydrogens is 192 g/mol. The van der Waals surface area contributed by atoms with Crippen molar-refractivity contribution in [2.24, 2.45) is 5.92 Å². The SMILES string of the molecule is Cc1ccc(CC2CCCCC2O)s1. The maximum absolute atomic E-state index is 9.84. The van der Waals surface area contributed by atoms with Crippen molar-refractivity contribution in [3.63, 3.8) is 0 Å². The predicted molar refractivity (Wildman–Crippen MR) is 60.7 cm³/mol. The van der Waals surface area contributed by atoms with E-state index in [1.165, 1.54) is 29.0 Å².